The SMILES string of the molecule is COc1ccc(O)c(C(=O)NC2(C(N)=NO)CCCC2)c1. The van der Waals surface area contributed by atoms with E-state index in [2.05, 4.69) is 10.5 Å². The van der Waals surface area contributed by atoms with Crippen molar-refractivity contribution in [2.45, 2.75) is 31.2 Å². The van der Waals surface area contributed by atoms with Gasteiger partial charge >= 0.3 is 0 Å². The van der Waals surface area contributed by atoms with Crippen molar-refractivity contribution >= 4 is 11.7 Å². The number of aromatic hydroxyl groups is 1. The number of oxime groups is 1. The molecule has 0 saturated heterocycles. The van der Waals surface area contributed by atoms with E-state index in [1.165, 1.54) is 19.2 Å². The van der Waals surface area contributed by atoms with Crippen molar-refractivity contribution in [3.63, 3.8) is 0 Å². The summed E-state index contributed by atoms with van der Waals surface area (Å²) < 4.78 is 5.04. The second-order valence-corrected chi connectivity index (χ2v) is 5.11. The standard InChI is InChI=1S/C14H19N3O4/c1-21-9-4-5-11(18)10(8-9)12(19)16-14(13(15)17-20)6-2-3-7-14/h4-5,8,18,20H,2-3,6-7H2,1H3,(H2,15,17)(H,16,19). The normalized spacial score (nSPS) is 17.5. The maximum absolute atomic E-state index is 12.4. The quantitative estimate of drug-likeness (QED) is 0.288. The fourth-order valence-electron chi connectivity index (χ4n) is 2.63. The molecule has 1 aliphatic carbocycles. The minimum atomic E-state index is -0.860. The Bertz CT molecular complexity index is 565. The molecule has 7 heteroatoms. The predicted molar refractivity (Wildman–Crippen MR) is 76.7 cm³/mol. The summed E-state index contributed by atoms with van der Waals surface area (Å²) in [5.74, 6) is -0.196. The highest BCUT2D eigenvalue weighted by molar-refractivity contribution is 6.02. The van der Waals surface area contributed by atoms with Crippen LogP contribution < -0.4 is 15.8 Å². The number of carbonyl (C=O) groups excluding carboxylic acids is 1. The number of nitrogens with one attached hydrogen (secondary N) is 1. The van der Waals surface area contributed by atoms with Gasteiger partial charge in [0.1, 0.15) is 17.0 Å². The maximum atomic E-state index is 12.4. The van der Waals surface area contributed by atoms with E-state index in [1.807, 2.05) is 0 Å². The van der Waals surface area contributed by atoms with Crippen LogP contribution in [0.2, 0.25) is 0 Å². The average Bonchev–Trinajstić information content (AvgIpc) is 2.96. The molecule has 114 valence electrons. The highest BCUT2D eigenvalue weighted by atomic mass is 16.5. The Morgan fingerprint density at radius 1 is 1.43 bits per heavy atom. The monoisotopic (exact) mass is 293 g/mol. The number of amides is 1. The zero-order valence-electron chi connectivity index (χ0n) is 11.8. The van der Waals surface area contributed by atoms with E-state index in [4.69, 9.17) is 15.7 Å². The number of carbonyl (C=O) groups is 1. The van der Waals surface area contributed by atoms with Gasteiger partial charge in [-0.15, -0.1) is 0 Å². The molecule has 1 aromatic carbocycles. The van der Waals surface area contributed by atoms with Gasteiger partial charge in [0.2, 0.25) is 0 Å². The Morgan fingerprint density at radius 2 is 2.10 bits per heavy atom. The van der Waals surface area contributed by atoms with Gasteiger partial charge in [0, 0.05) is 0 Å². The Balaban J connectivity index is 2.28. The highest BCUT2D eigenvalue weighted by Gasteiger charge is 2.40. The van der Waals surface area contributed by atoms with Crippen LogP contribution in [0.3, 0.4) is 0 Å². The van der Waals surface area contributed by atoms with Gasteiger partial charge in [-0.25, -0.2) is 0 Å². The molecule has 0 aromatic heterocycles. The number of hydrogen-bond acceptors (Lipinski definition) is 5. The summed E-state index contributed by atoms with van der Waals surface area (Å²) in [6.07, 6.45) is 2.94. The van der Waals surface area contributed by atoms with Crippen LogP contribution in [0.15, 0.2) is 23.4 Å². The first-order valence-corrected chi connectivity index (χ1v) is 6.70. The summed E-state index contributed by atoms with van der Waals surface area (Å²) in [6.45, 7) is 0. The average molecular weight is 293 g/mol. The van der Waals surface area contributed by atoms with E-state index in [0.717, 1.165) is 12.8 Å². The number of nitrogens with zero attached hydrogens (tertiary/aromatic N) is 1. The van der Waals surface area contributed by atoms with Crippen LogP contribution >= 0.6 is 0 Å². The number of phenols is 1. The van der Waals surface area contributed by atoms with Crippen LogP contribution in [0.5, 0.6) is 11.5 Å². The fourth-order valence-corrected chi connectivity index (χ4v) is 2.63. The lowest BCUT2D eigenvalue weighted by Gasteiger charge is -2.28. The second-order valence-electron chi connectivity index (χ2n) is 5.11. The minimum Gasteiger partial charge on any atom is -0.507 e. The van der Waals surface area contributed by atoms with Crippen LogP contribution in [-0.2, 0) is 0 Å². The summed E-state index contributed by atoms with van der Waals surface area (Å²) >= 11 is 0. The molecule has 0 spiro atoms. The molecule has 1 aliphatic rings. The molecule has 1 aromatic rings. The molecular formula is C14H19N3O4. The fraction of sp³-hybridized carbons (Fsp3) is 0.429. The van der Waals surface area contributed by atoms with E-state index in [1.54, 1.807) is 6.07 Å². The number of phenolic OH excluding ortho intramolecular Hbond substituents is 1. The zero-order valence-corrected chi connectivity index (χ0v) is 11.8. The first-order chi connectivity index (χ1) is 10.0. The van der Waals surface area contributed by atoms with E-state index in [-0.39, 0.29) is 17.1 Å². The molecule has 0 bridgehead atoms. The number of amidine groups is 1. The largest absolute Gasteiger partial charge is 0.507 e. The Morgan fingerprint density at radius 3 is 2.67 bits per heavy atom. The molecule has 0 heterocycles. The minimum absolute atomic E-state index is 0.0178. The smallest absolute Gasteiger partial charge is 0.255 e. The number of rotatable bonds is 4. The zero-order chi connectivity index (χ0) is 15.5. The van der Waals surface area contributed by atoms with Crippen molar-refractivity contribution < 1.29 is 19.8 Å². The molecule has 7 nitrogen and oxygen atoms in total. The summed E-state index contributed by atoms with van der Waals surface area (Å²) in [5.41, 5.74) is 4.96. The van der Waals surface area contributed by atoms with Crippen molar-refractivity contribution in [2.24, 2.45) is 10.9 Å². The molecule has 0 unspecified atom stereocenters. The van der Waals surface area contributed by atoms with E-state index in [9.17, 15) is 9.90 Å². The van der Waals surface area contributed by atoms with Crippen molar-refractivity contribution in [3.05, 3.63) is 23.8 Å². The topological polar surface area (TPSA) is 117 Å². The van der Waals surface area contributed by atoms with E-state index in [0.29, 0.717) is 18.6 Å². The van der Waals surface area contributed by atoms with Gasteiger partial charge in [0.25, 0.3) is 5.91 Å². The van der Waals surface area contributed by atoms with Crippen molar-refractivity contribution in [1.82, 2.24) is 5.32 Å². The molecule has 1 fully saturated rings. The Hall–Kier alpha value is -2.44. The number of methoxy groups -OCH3 is 1. The maximum Gasteiger partial charge on any atom is 0.255 e. The van der Waals surface area contributed by atoms with E-state index >= 15 is 0 Å². The molecule has 1 amide bonds. The third kappa shape index (κ3) is 2.86. The highest BCUT2D eigenvalue weighted by Crippen LogP contribution is 2.31. The summed E-state index contributed by atoms with van der Waals surface area (Å²) in [7, 11) is 1.48. The first-order valence-electron chi connectivity index (χ1n) is 6.70. The van der Waals surface area contributed by atoms with Crippen molar-refractivity contribution in [3.8, 4) is 11.5 Å². The van der Waals surface area contributed by atoms with Gasteiger partial charge < -0.3 is 26.1 Å². The molecule has 0 radical (unpaired) electrons. The third-order valence-electron chi connectivity index (χ3n) is 3.86. The molecule has 2 rings (SSSR count). The lowest BCUT2D eigenvalue weighted by atomic mass is 9.95. The summed E-state index contributed by atoms with van der Waals surface area (Å²) in [6, 6.07) is 4.39. The number of hydrogen-bond donors (Lipinski definition) is 4. The molecule has 0 aliphatic heterocycles. The summed E-state index contributed by atoms with van der Waals surface area (Å²) in [4.78, 5) is 12.4. The van der Waals surface area contributed by atoms with Gasteiger partial charge in [-0.2, -0.15) is 0 Å². The van der Waals surface area contributed by atoms with Gasteiger partial charge in [-0.3, -0.25) is 4.79 Å². The third-order valence-corrected chi connectivity index (χ3v) is 3.86. The Labute approximate surface area is 122 Å². The van der Waals surface area contributed by atoms with Crippen LogP contribution in [-0.4, -0.2) is 34.7 Å². The van der Waals surface area contributed by atoms with Gasteiger partial charge in [0.05, 0.1) is 12.7 Å². The second kappa shape index (κ2) is 5.90. The predicted octanol–water partition coefficient (Wildman–Crippen LogP) is 1.19. The van der Waals surface area contributed by atoms with Crippen LogP contribution in [0.1, 0.15) is 36.0 Å². The van der Waals surface area contributed by atoms with Crippen molar-refractivity contribution in [1.29, 1.82) is 0 Å². The molecule has 1 saturated carbocycles. The van der Waals surface area contributed by atoms with Gasteiger partial charge in [-0.1, -0.05) is 18.0 Å². The first kappa shape index (κ1) is 15.0. The molecular weight excluding hydrogens is 274 g/mol. The molecule has 21 heavy (non-hydrogen) atoms. The molecule has 5 N–H and O–H groups in total. The van der Waals surface area contributed by atoms with Gasteiger partial charge in [-0.05, 0) is 31.0 Å². The number of benzene rings is 1. The van der Waals surface area contributed by atoms with E-state index < -0.39 is 11.4 Å². The van der Waals surface area contributed by atoms with Crippen LogP contribution in [0.25, 0.3) is 0 Å². The number of nitrogens with two attached hydrogens (primary N) is 1. The lowest BCUT2D eigenvalue weighted by molar-refractivity contribution is 0.0919. The summed E-state index contributed by atoms with van der Waals surface area (Å²) in [5, 5.41) is 24.6. The number of ether oxygens (including phenoxy) is 1. The van der Waals surface area contributed by atoms with Crippen LogP contribution in [0, 0.1) is 0 Å². The van der Waals surface area contributed by atoms with Crippen LogP contribution in [0.4, 0.5) is 0 Å². The molecule has 0 atom stereocenters. The Kier molecular flexibility index (Phi) is 4.21. The van der Waals surface area contributed by atoms with Gasteiger partial charge in [0.15, 0.2) is 5.84 Å². The van der Waals surface area contributed by atoms with Crippen molar-refractivity contribution in [2.75, 3.05) is 7.11 Å². The lowest BCUT2D eigenvalue weighted by Crippen LogP contribution is -2.55.